The summed E-state index contributed by atoms with van der Waals surface area (Å²) in [6.45, 7) is 5.46. The highest BCUT2D eigenvalue weighted by Crippen LogP contribution is 2.34. The summed E-state index contributed by atoms with van der Waals surface area (Å²) in [7, 11) is 0. The van der Waals surface area contributed by atoms with Crippen LogP contribution in [-0.2, 0) is 28.8 Å². The summed E-state index contributed by atoms with van der Waals surface area (Å²) in [5.41, 5.74) is -1.25. The molecule has 0 radical (unpaired) electrons. The van der Waals surface area contributed by atoms with Gasteiger partial charge in [0.05, 0.1) is 0 Å². The normalized spacial score (nSPS) is 28.9. The van der Waals surface area contributed by atoms with Gasteiger partial charge in [0.15, 0.2) is 17.0 Å². The topological polar surface area (TPSA) is 142 Å². The van der Waals surface area contributed by atoms with Crippen molar-refractivity contribution in [2.75, 3.05) is 25.4 Å². The second-order valence-corrected chi connectivity index (χ2v) is 8.90. The molecule has 170 valence electrons. The van der Waals surface area contributed by atoms with Crippen LogP contribution in [0.1, 0.15) is 40.0 Å². The minimum absolute atomic E-state index is 0.00469. The smallest absolute Gasteiger partial charge is 0.323 e. The third kappa shape index (κ3) is 5.79. The summed E-state index contributed by atoms with van der Waals surface area (Å²) in [6.07, 6.45) is -0.198. The van der Waals surface area contributed by atoms with E-state index in [2.05, 4.69) is 5.32 Å². The molecule has 0 aromatic heterocycles. The Kier molecular flexibility index (Phi) is 8.80. The summed E-state index contributed by atoms with van der Waals surface area (Å²) in [6, 6.07) is -1.79. The molecule has 30 heavy (non-hydrogen) atoms. The molecule has 2 unspecified atom stereocenters. The van der Waals surface area contributed by atoms with Crippen molar-refractivity contribution < 1.29 is 39.0 Å². The summed E-state index contributed by atoms with van der Waals surface area (Å²) in [4.78, 5) is 53.8. The molecule has 2 fully saturated rings. The lowest BCUT2D eigenvalue weighted by molar-refractivity contribution is -0.253. The van der Waals surface area contributed by atoms with Crippen LogP contribution >= 0.6 is 11.8 Å². The molecule has 3 N–H and O–H groups in total. The van der Waals surface area contributed by atoms with Gasteiger partial charge < -0.3 is 20.3 Å². The lowest BCUT2D eigenvalue weighted by atomic mass is 9.86. The molecular formula is C19H30N2O8S. The van der Waals surface area contributed by atoms with Crippen molar-refractivity contribution in [2.24, 2.45) is 5.92 Å². The first-order chi connectivity index (χ1) is 14.1. The van der Waals surface area contributed by atoms with Crippen LogP contribution in [0.5, 0.6) is 0 Å². The number of ketones is 1. The maximum Gasteiger partial charge on any atom is 0.323 e. The fourth-order valence-corrected chi connectivity index (χ4v) is 4.52. The highest BCUT2D eigenvalue weighted by atomic mass is 32.2. The zero-order chi connectivity index (χ0) is 22.5. The largest absolute Gasteiger partial charge is 0.480 e. The summed E-state index contributed by atoms with van der Waals surface area (Å²) < 4.78 is 5.92. The van der Waals surface area contributed by atoms with E-state index in [0.29, 0.717) is 19.4 Å². The molecule has 2 rings (SSSR count). The van der Waals surface area contributed by atoms with Crippen LogP contribution in [0.15, 0.2) is 0 Å². The number of carbonyl (C=O) groups is 4. The van der Waals surface area contributed by atoms with Gasteiger partial charge >= 0.3 is 11.9 Å². The predicted octanol–water partition coefficient (Wildman–Crippen LogP) is 0.542. The molecule has 0 amide bonds. The molecule has 0 aromatic carbocycles. The van der Waals surface area contributed by atoms with E-state index in [1.54, 1.807) is 13.8 Å². The number of hydrogen-bond donors (Lipinski definition) is 3. The van der Waals surface area contributed by atoms with Crippen LogP contribution in [0.25, 0.3) is 0 Å². The van der Waals surface area contributed by atoms with Crippen molar-refractivity contribution in [1.29, 1.82) is 0 Å². The molecule has 10 nitrogen and oxygen atoms in total. The van der Waals surface area contributed by atoms with Gasteiger partial charge in [0.25, 0.3) is 0 Å². The van der Waals surface area contributed by atoms with Crippen molar-refractivity contribution in [1.82, 2.24) is 10.4 Å². The Morgan fingerprint density at radius 1 is 1.27 bits per heavy atom. The van der Waals surface area contributed by atoms with E-state index in [1.165, 1.54) is 12.0 Å². The number of carbonyl (C=O) groups excluding carboxylic acids is 2. The van der Waals surface area contributed by atoms with Gasteiger partial charge in [0, 0.05) is 44.7 Å². The number of hydrogen-bond acceptors (Lipinski definition) is 9. The molecular weight excluding hydrogens is 416 g/mol. The molecule has 2 saturated heterocycles. The lowest BCUT2D eigenvalue weighted by Gasteiger charge is -2.39. The number of aliphatic carboxylic acids is 2. The first-order valence-corrected chi connectivity index (χ1v) is 11.0. The maximum absolute atomic E-state index is 13.4. The zero-order valence-electron chi connectivity index (χ0n) is 17.5. The third-order valence-electron chi connectivity index (χ3n) is 5.42. The van der Waals surface area contributed by atoms with E-state index in [-0.39, 0.29) is 36.2 Å². The van der Waals surface area contributed by atoms with Crippen LogP contribution in [0.4, 0.5) is 0 Å². The van der Waals surface area contributed by atoms with Crippen molar-refractivity contribution >= 4 is 34.6 Å². The number of Topliss-reactive ketones (excluding diaryl/α,β-unsaturated/α-hetero) is 1. The average Bonchev–Trinajstić information content (AvgIpc) is 3.31. The van der Waals surface area contributed by atoms with Gasteiger partial charge in [-0.2, -0.15) is 5.06 Å². The SMILES string of the molecule is CCO[C@@]1(C(ON2CCC[C@H]2C(=O)O)C(=O)C(C)CSC(C)=O)CN[C@H](C(=O)O)C1. The number of nitrogens with one attached hydrogen (secondary N) is 1. The van der Waals surface area contributed by atoms with E-state index in [0.717, 1.165) is 11.8 Å². The van der Waals surface area contributed by atoms with Crippen LogP contribution in [0.3, 0.4) is 0 Å². The Hall–Kier alpha value is -1.53. The Bertz CT molecular complexity index is 675. The Labute approximate surface area is 179 Å². The number of rotatable bonds is 11. The molecule has 0 aromatic rings. The lowest BCUT2D eigenvalue weighted by Crippen LogP contribution is -2.57. The standard InChI is InChI=1S/C19H30N2O8S/c1-4-28-19(8-13(17(24)25)20-10-19)16(15(23)11(2)9-30-12(3)22)29-21-7-5-6-14(21)18(26)27/h11,13-14,16,20H,4-10H2,1-3H3,(H,24,25)(H,26,27)/t11?,13-,14-,16?,19+/m0/s1. The van der Waals surface area contributed by atoms with Gasteiger partial charge in [-0.25, -0.2) is 0 Å². The van der Waals surface area contributed by atoms with Crippen molar-refractivity contribution in [3.63, 3.8) is 0 Å². The fraction of sp³-hybridized carbons (Fsp3) is 0.789. The Balaban J connectivity index is 2.33. The van der Waals surface area contributed by atoms with Crippen LogP contribution in [0, 0.1) is 5.92 Å². The molecule has 0 bridgehead atoms. The van der Waals surface area contributed by atoms with Crippen LogP contribution in [0.2, 0.25) is 0 Å². The first-order valence-electron chi connectivity index (χ1n) is 10.0. The summed E-state index contributed by atoms with van der Waals surface area (Å²) in [5, 5.41) is 22.9. The quantitative estimate of drug-likeness (QED) is 0.409. The van der Waals surface area contributed by atoms with Gasteiger partial charge in [0.1, 0.15) is 17.7 Å². The van der Waals surface area contributed by atoms with Crippen molar-refractivity contribution in [3.05, 3.63) is 0 Å². The monoisotopic (exact) mass is 446 g/mol. The second-order valence-electron chi connectivity index (χ2n) is 7.70. The molecule has 5 atom stereocenters. The average molecular weight is 447 g/mol. The van der Waals surface area contributed by atoms with E-state index < -0.39 is 41.6 Å². The fourth-order valence-electron chi connectivity index (χ4n) is 3.87. The van der Waals surface area contributed by atoms with E-state index in [4.69, 9.17) is 9.57 Å². The minimum Gasteiger partial charge on any atom is -0.480 e. The second kappa shape index (κ2) is 10.7. The van der Waals surface area contributed by atoms with Crippen molar-refractivity contribution in [3.8, 4) is 0 Å². The Morgan fingerprint density at radius 2 is 1.97 bits per heavy atom. The molecule has 2 aliphatic rings. The van der Waals surface area contributed by atoms with Gasteiger partial charge in [-0.05, 0) is 19.8 Å². The van der Waals surface area contributed by atoms with E-state index in [1.807, 2.05) is 0 Å². The van der Waals surface area contributed by atoms with Crippen molar-refractivity contribution in [2.45, 2.75) is 63.8 Å². The number of nitrogens with zero attached hydrogens (tertiary/aromatic N) is 1. The highest BCUT2D eigenvalue weighted by Gasteiger charge is 2.54. The predicted molar refractivity (Wildman–Crippen MR) is 108 cm³/mol. The summed E-state index contributed by atoms with van der Waals surface area (Å²) in [5.74, 6) is -2.78. The van der Waals surface area contributed by atoms with Gasteiger partial charge in [-0.15, -0.1) is 0 Å². The number of carboxylic acids is 2. The third-order valence-corrected chi connectivity index (χ3v) is 6.49. The van der Waals surface area contributed by atoms with E-state index in [9.17, 15) is 29.4 Å². The summed E-state index contributed by atoms with van der Waals surface area (Å²) >= 11 is 1.02. The molecule has 0 spiro atoms. The molecule has 2 aliphatic heterocycles. The van der Waals surface area contributed by atoms with Crippen LogP contribution < -0.4 is 5.32 Å². The first kappa shape index (κ1) is 24.7. The molecule has 0 saturated carbocycles. The number of carboxylic acid groups (broad SMARTS) is 2. The highest BCUT2D eigenvalue weighted by molar-refractivity contribution is 8.13. The minimum atomic E-state index is -1.25. The van der Waals surface area contributed by atoms with E-state index >= 15 is 0 Å². The molecule has 2 heterocycles. The van der Waals surface area contributed by atoms with Gasteiger partial charge in [-0.1, -0.05) is 18.7 Å². The zero-order valence-corrected chi connectivity index (χ0v) is 18.3. The maximum atomic E-state index is 13.4. The van der Waals surface area contributed by atoms with Gasteiger partial charge in [-0.3, -0.25) is 24.0 Å². The molecule has 11 heteroatoms. The van der Waals surface area contributed by atoms with Crippen LogP contribution in [-0.4, -0.2) is 87.4 Å². The number of thioether (sulfide) groups is 1. The van der Waals surface area contributed by atoms with Gasteiger partial charge in [0.2, 0.25) is 0 Å². The number of hydroxylamine groups is 2. The Morgan fingerprint density at radius 3 is 2.50 bits per heavy atom. The number of ether oxygens (including phenoxy) is 1. The molecule has 0 aliphatic carbocycles.